The SMILES string of the molecule is Nc1ccc(-c2noc(-c3cnn4c(C(F)(F)F)cc(-c5cccc(C(F)(F)F)c5)nc34)n2)cn1. The van der Waals surface area contributed by atoms with Crippen molar-refractivity contribution in [2.24, 2.45) is 0 Å². The average Bonchev–Trinajstić information content (AvgIpc) is 3.45. The van der Waals surface area contributed by atoms with Crippen LogP contribution in [0.4, 0.5) is 32.2 Å². The quantitative estimate of drug-likeness (QED) is 0.349. The number of rotatable bonds is 3. The Morgan fingerprint density at radius 1 is 0.857 bits per heavy atom. The molecule has 8 nitrogen and oxygen atoms in total. The zero-order chi connectivity index (χ0) is 25.0. The Morgan fingerprint density at radius 3 is 2.34 bits per heavy atom. The Kier molecular flexibility index (Phi) is 4.96. The van der Waals surface area contributed by atoms with E-state index in [9.17, 15) is 26.3 Å². The number of hydrogen-bond acceptors (Lipinski definition) is 7. The van der Waals surface area contributed by atoms with Crippen LogP contribution in [-0.4, -0.2) is 29.7 Å². The number of alkyl halides is 6. The minimum atomic E-state index is -4.89. The molecule has 0 saturated heterocycles. The molecule has 0 spiro atoms. The summed E-state index contributed by atoms with van der Waals surface area (Å²) in [6.45, 7) is 0. The highest BCUT2D eigenvalue weighted by atomic mass is 19.4. The predicted molar refractivity (Wildman–Crippen MR) is 109 cm³/mol. The van der Waals surface area contributed by atoms with Crippen LogP contribution in [0.1, 0.15) is 11.3 Å². The number of halogens is 6. The molecule has 0 fully saturated rings. The second kappa shape index (κ2) is 7.78. The van der Waals surface area contributed by atoms with Crippen LogP contribution in [0.15, 0.2) is 59.4 Å². The first kappa shape index (κ1) is 22.3. The molecule has 5 rings (SSSR count). The minimum Gasteiger partial charge on any atom is -0.384 e. The molecule has 1 aromatic carbocycles. The summed E-state index contributed by atoms with van der Waals surface area (Å²) in [6.07, 6.45) is -7.15. The first-order chi connectivity index (χ1) is 16.5. The van der Waals surface area contributed by atoms with Crippen molar-refractivity contribution in [2.75, 3.05) is 5.73 Å². The second-order valence-corrected chi connectivity index (χ2v) is 7.29. The minimum absolute atomic E-state index is 0.0496. The lowest BCUT2D eigenvalue weighted by Gasteiger charge is -2.12. The van der Waals surface area contributed by atoms with Crippen LogP contribution in [0.25, 0.3) is 39.7 Å². The number of nitrogen functional groups attached to an aromatic ring is 1. The zero-order valence-corrected chi connectivity index (χ0v) is 17.1. The van der Waals surface area contributed by atoms with Crippen LogP contribution in [0, 0.1) is 0 Å². The van der Waals surface area contributed by atoms with Crippen molar-refractivity contribution in [3.05, 3.63) is 66.1 Å². The number of pyridine rings is 1. The molecule has 5 aromatic rings. The summed E-state index contributed by atoms with van der Waals surface area (Å²) in [4.78, 5) is 12.2. The molecule has 4 aromatic heterocycles. The molecule has 0 aliphatic heterocycles. The van der Waals surface area contributed by atoms with E-state index in [1.54, 1.807) is 6.07 Å². The van der Waals surface area contributed by atoms with Gasteiger partial charge in [0.15, 0.2) is 11.3 Å². The number of fused-ring (bicyclic) bond motifs is 1. The smallest absolute Gasteiger partial charge is 0.384 e. The molecule has 14 heteroatoms. The maximum absolute atomic E-state index is 13.8. The summed E-state index contributed by atoms with van der Waals surface area (Å²) < 4.78 is 86.6. The van der Waals surface area contributed by atoms with Gasteiger partial charge in [-0.2, -0.15) is 36.4 Å². The van der Waals surface area contributed by atoms with Gasteiger partial charge in [0, 0.05) is 17.3 Å². The van der Waals surface area contributed by atoms with Crippen molar-refractivity contribution in [3.8, 4) is 34.1 Å². The molecule has 0 unspecified atom stereocenters. The first-order valence-electron chi connectivity index (χ1n) is 9.70. The third-order valence-electron chi connectivity index (χ3n) is 4.95. The fraction of sp³-hybridized carbons (Fsp3) is 0.0952. The molecule has 0 aliphatic carbocycles. The van der Waals surface area contributed by atoms with Gasteiger partial charge >= 0.3 is 12.4 Å². The lowest BCUT2D eigenvalue weighted by molar-refractivity contribution is -0.142. The Bertz CT molecular complexity index is 1540. The fourth-order valence-electron chi connectivity index (χ4n) is 3.31. The van der Waals surface area contributed by atoms with Crippen LogP contribution in [0.5, 0.6) is 0 Å². The second-order valence-electron chi connectivity index (χ2n) is 7.29. The molecule has 4 heterocycles. The monoisotopic (exact) mass is 491 g/mol. The standard InChI is InChI=1S/C21H11F6N7O/c22-20(23,24)12-3-1-2-10(6-12)14-7-15(21(25,26)27)34-18(31-14)13(9-30-34)19-32-17(33-35-19)11-4-5-16(28)29-8-11/h1-9H,(H2,28,29). The van der Waals surface area contributed by atoms with Crippen molar-refractivity contribution in [1.82, 2.24) is 29.7 Å². The van der Waals surface area contributed by atoms with Gasteiger partial charge in [-0.05, 0) is 30.3 Å². The number of benzene rings is 1. The van der Waals surface area contributed by atoms with Gasteiger partial charge in [-0.1, -0.05) is 17.3 Å². The lowest BCUT2D eigenvalue weighted by Crippen LogP contribution is -2.14. The van der Waals surface area contributed by atoms with Gasteiger partial charge in [-0.15, -0.1) is 0 Å². The number of anilines is 1. The van der Waals surface area contributed by atoms with E-state index >= 15 is 0 Å². The molecule has 0 atom stereocenters. The third kappa shape index (κ3) is 4.13. The molecule has 0 saturated carbocycles. The third-order valence-corrected chi connectivity index (χ3v) is 4.95. The molecular weight excluding hydrogens is 480 g/mol. The highest BCUT2D eigenvalue weighted by Crippen LogP contribution is 2.36. The van der Waals surface area contributed by atoms with Gasteiger partial charge in [0.05, 0.1) is 17.5 Å². The van der Waals surface area contributed by atoms with Gasteiger partial charge in [0.1, 0.15) is 11.4 Å². The lowest BCUT2D eigenvalue weighted by atomic mass is 10.1. The maximum atomic E-state index is 13.8. The van der Waals surface area contributed by atoms with E-state index in [-0.39, 0.29) is 40.0 Å². The van der Waals surface area contributed by atoms with E-state index in [0.29, 0.717) is 22.2 Å². The Hall–Kier alpha value is -4.49. The van der Waals surface area contributed by atoms with E-state index in [1.807, 2.05) is 0 Å². The van der Waals surface area contributed by atoms with E-state index in [2.05, 4.69) is 25.2 Å². The summed E-state index contributed by atoms with van der Waals surface area (Å²) in [5.74, 6) is 0.136. The molecule has 2 N–H and O–H groups in total. The molecule has 0 radical (unpaired) electrons. The largest absolute Gasteiger partial charge is 0.433 e. The summed E-state index contributed by atoms with van der Waals surface area (Å²) in [5, 5.41) is 7.53. The van der Waals surface area contributed by atoms with Crippen molar-refractivity contribution >= 4 is 11.5 Å². The van der Waals surface area contributed by atoms with Crippen LogP contribution >= 0.6 is 0 Å². The van der Waals surface area contributed by atoms with Gasteiger partial charge < -0.3 is 10.3 Å². The molecule has 0 aliphatic rings. The van der Waals surface area contributed by atoms with Crippen molar-refractivity contribution < 1.29 is 30.9 Å². The normalized spacial score (nSPS) is 12.4. The highest BCUT2D eigenvalue weighted by Gasteiger charge is 2.36. The maximum Gasteiger partial charge on any atom is 0.433 e. The van der Waals surface area contributed by atoms with E-state index < -0.39 is 23.6 Å². The average molecular weight is 491 g/mol. The number of nitrogens with zero attached hydrogens (tertiary/aromatic N) is 6. The Balaban J connectivity index is 1.67. The predicted octanol–water partition coefficient (Wildman–Crippen LogP) is 5.13. The van der Waals surface area contributed by atoms with Crippen LogP contribution in [0.3, 0.4) is 0 Å². The summed E-state index contributed by atoms with van der Waals surface area (Å²) in [7, 11) is 0. The number of aromatic nitrogens is 6. The van der Waals surface area contributed by atoms with Crippen LogP contribution in [-0.2, 0) is 12.4 Å². The van der Waals surface area contributed by atoms with Crippen LogP contribution in [0.2, 0.25) is 0 Å². The van der Waals surface area contributed by atoms with E-state index in [0.717, 1.165) is 18.3 Å². The van der Waals surface area contributed by atoms with Gasteiger partial charge in [-0.3, -0.25) is 0 Å². The van der Waals surface area contributed by atoms with Gasteiger partial charge in [-0.25, -0.2) is 14.5 Å². The molecule has 35 heavy (non-hydrogen) atoms. The zero-order valence-electron chi connectivity index (χ0n) is 17.1. The number of hydrogen-bond donors (Lipinski definition) is 1. The number of nitrogens with two attached hydrogens (primary N) is 1. The van der Waals surface area contributed by atoms with Gasteiger partial charge in [0.25, 0.3) is 5.89 Å². The van der Waals surface area contributed by atoms with E-state index in [1.165, 1.54) is 18.3 Å². The Labute approximate surface area is 191 Å². The molecule has 0 bridgehead atoms. The first-order valence-corrected chi connectivity index (χ1v) is 9.70. The molecular formula is C21H11F6N7O. The van der Waals surface area contributed by atoms with Crippen molar-refractivity contribution in [1.29, 1.82) is 0 Å². The summed E-state index contributed by atoms with van der Waals surface area (Å²) >= 11 is 0. The fourth-order valence-corrected chi connectivity index (χ4v) is 3.31. The van der Waals surface area contributed by atoms with Crippen LogP contribution < -0.4 is 5.73 Å². The van der Waals surface area contributed by atoms with Crippen molar-refractivity contribution in [2.45, 2.75) is 12.4 Å². The van der Waals surface area contributed by atoms with Gasteiger partial charge in [0.2, 0.25) is 5.82 Å². The summed E-state index contributed by atoms with van der Waals surface area (Å²) in [6, 6.07) is 7.52. The Morgan fingerprint density at radius 2 is 1.66 bits per heavy atom. The van der Waals surface area contributed by atoms with Crippen molar-refractivity contribution in [3.63, 3.8) is 0 Å². The molecule has 178 valence electrons. The molecule has 0 amide bonds. The summed E-state index contributed by atoms with van der Waals surface area (Å²) in [5.41, 5.74) is 2.80. The van der Waals surface area contributed by atoms with E-state index in [4.69, 9.17) is 10.3 Å². The topological polar surface area (TPSA) is 108 Å². The highest BCUT2D eigenvalue weighted by molar-refractivity contribution is 5.75.